The largest absolute Gasteiger partial charge is 0.298 e. The van der Waals surface area contributed by atoms with E-state index in [1.54, 1.807) is 6.07 Å². The summed E-state index contributed by atoms with van der Waals surface area (Å²) in [7, 11) is 0. The van der Waals surface area contributed by atoms with Crippen LogP contribution in [0, 0.1) is 0 Å². The molecule has 20 heavy (non-hydrogen) atoms. The van der Waals surface area contributed by atoms with Crippen molar-refractivity contribution in [2.75, 3.05) is 0 Å². The minimum absolute atomic E-state index is 0.0192. The van der Waals surface area contributed by atoms with E-state index in [0.717, 1.165) is 0 Å². The molecule has 0 fully saturated rings. The molecule has 0 spiro atoms. The minimum atomic E-state index is -0.408. The van der Waals surface area contributed by atoms with Crippen molar-refractivity contribution < 1.29 is 4.79 Å². The number of nitrogens with zero attached hydrogens (tertiary/aromatic N) is 1. The lowest BCUT2D eigenvalue weighted by atomic mass is 10.1. The molecule has 0 N–H and O–H groups in total. The van der Waals surface area contributed by atoms with E-state index in [9.17, 15) is 9.59 Å². The molecule has 2 aromatic carbocycles. The van der Waals surface area contributed by atoms with Crippen LogP contribution in [-0.2, 0) is 0 Å². The average molecular weight is 284 g/mol. The van der Waals surface area contributed by atoms with Crippen LogP contribution in [0.3, 0.4) is 0 Å². The zero-order valence-corrected chi connectivity index (χ0v) is 11.2. The number of carbonyl (C=O) groups excluding carboxylic acids is 1. The average Bonchev–Trinajstić information content (AvgIpc) is 2.49. The maximum atomic E-state index is 12.5. The number of benzene rings is 2. The molecule has 3 aromatic rings. The van der Waals surface area contributed by atoms with Gasteiger partial charge in [-0.1, -0.05) is 48.0 Å². The maximum Gasteiger partial charge on any atom is 0.267 e. The van der Waals surface area contributed by atoms with Gasteiger partial charge in [0.25, 0.3) is 5.56 Å². The number of rotatable bonds is 2. The second kappa shape index (κ2) is 4.94. The number of aromatic nitrogens is 1. The molecule has 0 bridgehead atoms. The second-order valence-corrected chi connectivity index (χ2v) is 4.72. The normalized spacial score (nSPS) is 10.7. The van der Waals surface area contributed by atoms with Gasteiger partial charge in [-0.3, -0.25) is 14.2 Å². The molecule has 0 amide bonds. The number of pyridine rings is 1. The minimum Gasteiger partial charge on any atom is -0.298 e. The Balaban J connectivity index is 2.54. The molecule has 0 saturated carbocycles. The molecule has 1 aromatic heterocycles. The van der Waals surface area contributed by atoms with Crippen LogP contribution in [0.25, 0.3) is 16.6 Å². The highest BCUT2D eigenvalue weighted by Crippen LogP contribution is 2.25. The van der Waals surface area contributed by atoms with Crippen LogP contribution in [0.15, 0.2) is 59.4 Å². The predicted molar refractivity (Wildman–Crippen MR) is 79.9 cm³/mol. The summed E-state index contributed by atoms with van der Waals surface area (Å²) in [5, 5.41) is 0.882. The fourth-order valence-electron chi connectivity index (χ4n) is 2.26. The van der Waals surface area contributed by atoms with Crippen molar-refractivity contribution in [1.82, 2.24) is 4.57 Å². The standard InChI is InChI=1S/C16H10ClNO2/c17-15-12-8-4-5-9-14(12)18(16(20)13(15)10-19)11-6-2-1-3-7-11/h1-10H. The molecular formula is C16H10ClNO2. The molecule has 0 saturated heterocycles. The van der Waals surface area contributed by atoms with Crippen molar-refractivity contribution in [3.8, 4) is 5.69 Å². The quantitative estimate of drug-likeness (QED) is 0.676. The zero-order chi connectivity index (χ0) is 14.1. The molecule has 0 radical (unpaired) electrons. The Labute approximate surface area is 120 Å². The summed E-state index contributed by atoms with van der Waals surface area (Å²) in [4.78, 5) is 23.7. The van der Waals surface area contributed by atoms with E-state index >= 15 is 0 Å². The molecular weight excluding hydrogens is 274 g/mol. The molecule has 0 aliphatic carbocycles. The van der Waals surface area contributed by atoms with E-state index in [1.165, 1.54) is 4.57 Å². The van der Waals surface area contributed by atoms with E-state index in [-0.39, 0.29) is 10.6 Å². The number of fused-ring (bicyclic) bond motifs is 1. The summed E-state index contributed by atoms with van der Waals surface area (Å²) < 4.78 is 1.50. The van der Waals surface area contributed by atoms with Gasteiger partial charge in [0.15, 0.2) is 6.29 Å². The Bertz CT molecular complexity index is 853. The van der Waals surface area contributed by atoms with Crippen LogP contribution in [0.4, 0.5) is 0 Å². The Hall–Kier alpha value is -2.39. The molecule has 0 unspecified atom stereocenters. The summed E-state index contributed by atoms with van der Waals surface area (Å²) in [5.74, 6) is 0. The Morgan fingerprint density at radius 3 is 2.30 bits per heavy atom. The molecule has 98 valence electrons. The first-order valence-corrected chi connectivity index (χ1v) is 6.45. The van der Waals surface area contributed by atoms with Gasteiger partial charge in [-0.2, -0.15) is 0 Å². The van der Waals surface area contributed by atoms with Crippen LogP contribution in [0.5, 0.6) is 0 Å². The Morgan fingerprint density at radius 1 is 0.950 bits per heavy atom. The second-order valence-electron chi connectivity index (χ2n) is 4.34. The molecule has 0 atom stereocenters. The SMILES string of the molecule is O=Cc1c(Cl)c2ccccc2n(-c2ccccc2)c1=O. The van der Waals surface area contributed by atoms with E-state index in [2.05, 4.69) is 0 Å². The Morgan fingerprint density at radius 2 is 1.60 bits per heavy atom. The van der Waals surface area contributed by atoms with Gasteiger partial charge in [0, 0.05) is 11.1 Å². The van der Waals surface area contributed by atoms with Gasteiger partial charge in [-0.25, -0.2) is 0 Å². The topological polar surface area (TPSA) is 39.1 Å². The lowest BCUT2D eigenvalue weighted by Gasteiger charge is -2.12. The summed E-state index contributed by atoms with van der Waals surface area (Å²) in [6.07, 6.45) is 0.510. The van der Waals surface area contributed by atoms with E-state index in [0.29, 0.717) is 22.9 Å². The van der Waals surface area contributed by atoms with Crippen LogP contribution < -0.4 is 5.56 Å². The monoisotopic (exact) mass is 283 g/mol. The van der Waals surface area contributed by atoms with Crippen molar-refractivity contribution in [3.63, 3.8) is 0 Å². The highest BCUT2D eigenvalue weighted by molar-refractivity contribution is 6.37. The van der Waals surface area contributed by atoms with Gasteiger partial charge in [0.2, 0.25) is 0 Å². The number of halogens is 1. The zero-order valence-electron chi connectivity index (χ0n) is 10.4. The lowest BCUT2D eigenvalue weighted by molar-refractivity contribution is 0.112. The van der Waals surface area contributed by atoms with Gasteiger partial charge in [-0.05, 0) is 18.2 Å². The van der Waals surface area contributed by atoms with Crippen LogP contribution in [0.2, 0.25) is 5.02 Å². The van der Waals surface area contributed by atoms with E-state index in [4.69, 9.17) is 11.6 Å². The predicted octanol–water partition coefficient (Wildman–Crippen LogP) is 3.46. The van der Waals surface area contributed by atoms with Crippen molar-refractivity contribution in [1.29, 1.82) is 0 Å². The lowest BCUT2D eigenvalue weighted by Crippen LogP contribution is -2.23. The Kier molecular flexibility index (Phi) is 3.12. The van der Waals surface area contributed by atoms with Crippen LogP contribution in [0.1, 0.15) is 10.4 Å². The summed E-state index contributed by atoms with van der Waals surface area (Å²) >= 11 is 6.16. The van der Waals surface area contributed by atoms with Crippen LogP contribution in [-0.4, -0.2) is 10.9 Å². The molecule has 3 rings (SSSR count). The molecule has 0 aliphatic rings. The van der Waals surface area contributed by atoms with E-state index in [1.807, 2.05) is 48.5 Å². The number of carbonyl (C=O) groups is 1. The first kappa shape index (κ1) is 12.6. The van der Waals surface area contributed by atoms with Crippen molar-refractivity contribution in [3.05, 3.63) is 75.5 Å². The van der Waals surface area contributed by atoms with E-state index < -0.39 is 5.56 Å². The smallest absolute Gasteiger partial charge is 0.267 e. The number of hydrogen-bond donors (Lipinski definition) is 0. The number of aldehydes is 1. The molecule has 0 aliphatic heterocycles. The van der Waals surface area contributed by atoms with Gasteiger partial charge in [0.05, 0.1) is 16.1 Å². The highest BCUT2D eigenvalue weighted by Gasteiger charge is 2.15. The summed E-state index contributed by atoms with van der Waals surface area (Å²) in [5.41, 5.74) is 0.955. The van der Waals surface area contributed by atoms with Gasteiger partial charge in [0.1, 0.15) is 0 Å². The number of para-hydroxylation sites is 2. The van der Waals surface area contributed by atoms with Crippen molar-refractivity contribution in [2.24, 2.45) is 0 Å². The first-order chi connectivity index (χ1) is 9.74. The van der Waals surface area contributed by atoms with Crippen LogP contribution >= 0.6 is 11.6 Å². The van der Waals surface area contributed by atoms with Crippen molar-refractivity contribution in [2.45, 2.75) is 0 Å². The summed E-state index contributed by atoms with van der Waals surface area (Å²) in [6, 6.07) is 16.4. The molecule has 1 heterocycles. The van der Waals surface area contributed by atoms with Gasteiger partial charge < -0.3 is 0 Å². The van der Waals surface area contributed by atoms with Gasteiger partial charge in [-0.15, -0.1) is 0 Å². The highest BCUT2D eigenvalue weighted by atomic mass is 35.5. The fraction of sp³-hybridized carbons (Fsp3) is 0. The van der Waals surface area contributed by atoms with Crippen molar-refractivity contribution >= 4 is 28.8 Å². The molecule has 4 heteroatoms. The fourth-order valence-corrected chi connectivity index (χ4v) is 2.54. The first-order valence-electron chi connectivity index (χ1n) is 6.08. The third-order valence-corrected chi connectivity index (χ3v) is 3.59. The molecule has 3 nitrogen and oxygen atoms in total. The third kappa shape index (κ3) is 1.84. The third-order valence-electron chi connectivity index (χ3n) is 3.18. The van der Waals surface area contributed by atoms with Gasteiger partial charge >= 0.3 is 0 Å². The maximum absolute atomic E-state index is 12.5. The number of hydrogen-bond acceptors (Lipinski definition) is 2. The summed E-state index contributed by atoms with van der Waals surface area (Å²) in [6.45, 7) is 0.